The van der Waals surface area contributed by atoms with Crippen molar-refractivity contribution in [1.29, 1.82) is 0 Å². The lowest BCUT2D eigenvalue weighted by Gasteiger charge is -2.24. The van der Waals surface area contributed by atoms with E-state index in [4.69, 9.17) is 18.9 Å². The fraction of sp³-hybridized carbons (Fsp3) is 0.786. The van der Waals surface area contributed by atoms with Crippen molar-refractivity contribution in [1.82, 2.24) is 25.8 Å². The van der Waals surface area contributed by atoms with Gasteiger partial charge < -0.3 is 34.9 Å². The Morgan fingerprint density at radius 2 is 0.810 bits per heavy atom. The fourth-order valence-corrected chi connectivity index (χ4v) is 4.51. The molecule has 14 heteroatoms. The molecular weight excluding hydrogens is 648 g/mol. The third-order valence-corrected chi connectivity index (χ3v) is 6.67. The van der Waals surface area contributed by atoms with Gasteiger partial charge in [-0.15, -0.1) is 62.0 Å². The van der Waals surface area contributed by atoms with Crippen molar-refractivity contribution in [3.05, 3.63) is 35.4 Å². The average Bonchev–Trinajstić information content (AvgIpc) is 2.92. The summed E-state index contributed by atoms with van der Waals surface area (Å²) in [6.45, 7) is 17.3. The average molecular weight is 704 g/mol. The SMILES string of the molecule is Cl.Cl.Cl.Cl.Cl.c1cc(CN2CCOCCOCCOCCOCC2)ccc1CN1CCCNCCNCCCNCC1. The summed E-state index contributed by atoms with van der Waals surface area (Å²) in [5, 5.41) is 10.7. The molecule has 0 aromatic heterocycles. The summed E-state index contributed by atoms with van der Waals surface area (Å²) in [5.41, 5.74) is 2.71. The molecule has 0 atom stereocenters. The van der Waals surface area contributed by atoms with E-state index >= 15 is 0 Å². The van der Waals surface area contributed by atoms with Crippen LogP contribution in [0.4, 0.5) is 0 Å². The van der Waals surface area contributed by atoms with E-state index in [0.29, 0.717) is 52.9 Å². The molecule has 42 heavy (non-hydrogen) atoms. The molecule has 2 aliphatic heterocycles. The van der Waals surface area contributed by atoms with Crippen molar-refractivity contribution in [2.24, 2.45) is 0 Å². The number of hydrogen-bond donors (Lipinski definition) is 3. The molecule has 0 unspecified atom stereocenters. The van der Waals surface area contributed by atoms with E-state index in [-0.39, 0.29) is 62.0 Å². The Morgan fingerprint density at radius 1 is 0.429 bits per heavy atom. The predicted molar refractivity (Wildman–Crippen MR) is 184 cm³/mol. The van der Waals surface area contributed by atoms with Gasteiger partial charge in [0, 0.05) is 52.4 Å². The van der Waals surface area contributed by atoms with Crippen LogP contribution in [0.2, 0.25) is 0 Å². The summed E-state index contributed by atoms with van der Waals surface area (Å²) < 4.78 is 22.6. The summed E-state index contributed by atoms with van der Waals surface area (Å²) >= 11 is 0. The molecule has 2 fully saturated rings. The number of halogens is 5. The molecule has 9 nitrogen and oxygen atoms in total. The van der Waals surface area contributed by atoms with E-state index in [1.54, 1.807) is 0 Å². The van der Waals surface area contributed by atoms with Gasteiger partial charge in [-0.2, -0.15) is 0 Å². The standard InChI is InChI=1S/C28H51N5O4.5ClH/c1-7-29-10-11-30-9-2-13-32(14-12-31-8-1)25-27-3-5-28(6-4-27)26-33-15-17-34-19-21-36-23-24-37-22-20-35-18-16-33;;;;;/h3-6,29-31H,1-2,7-26H2;5*1H. The van der Waals surface area contributed by atoms with Crippen LogP contribution in [-0.2, 0) is 32.0 Å². The highest BCUT2D eigenvalue weighted by Gasteiger charge is 2.10. The molecule has 1 aromatic carbocycles. The van der Waals surface area contributed by atoms with Gasteiger partial charge in [-0.3, -0.25) is 9.80 Å². The first kappa shape index (κ1) is 46.7. The first-order chi connectivity index (χ1) is 18.4. The molecule has 0 spiro atoms. The summed E-state index contributed by atoms with van der Waals surface area (Å²) in [4.78, 5) is 4.99. The molecule has 0 amide bonds. The Balaban J connectivity index is -0.00000304. The second-order valence-electron chi connectivity index (χ2n) is 9.78. The van der Waals surface area contributed by atoms with Gasteiger partial charge in [0.1, 0.15) is 0 Å². The molecule has 0 radical (unpaired) electrons. The summed E-state index contributed by atoms with van der Waals surface area (Å²) in [5.74, 6) is 0. The van der Waals surface area contributed by atoms with Crippen molar-refractivity contribution in [3.8, 4) is 0 Å². The predicted octanol–water partition coefficient (Wildman–Crippen LogP) is 3.04. The third-order valence-electron chi connectivity index (χ3n) is 6.67. The minimum absolute atomic E-state index is 0. The highest BCUT2D eigenvalue weighted by atomic mass is 35.5. The van der Waals surface area contributed by atoms with Gasteiger partial charge in [0.25, 0.3) is 0 Å². The van der Waals surface area contributed by atoms with Crippen LogP contribution >= 0.6 is 62.0 Å². The first-order valence-corrected chi connectivity index (χ1v) is 14.4. The minimum Gasteiger partial charge on any atom is -0.378 e. The zero-order chi connectivity index (χ0) is 25.6. The first-order valence-electron chi connectivity index (χ1n) is 14.4. The molecule has 2 saturated heterocycles. The van der Waals surface area contributed by atoms with E-state index in [9.17, 15) is 0 Å². The third kappa shape index (κ3) is 23.7. The van der Waals surface area contributed by atoms with Crippen LogP contribution in [0.5, 0.6) is 0 Å². The Hall–Kier alpha value is 0.310. The van der Waals surface area contributed by atoms with E-state index < -0.39 is 0 Å². The molecule has 2 aliphatic rings. The van der Waals surface area contributed by atoms with Crippen molar-refractivity contribution in [2.45, 2.75) is 25.9 Å². The topological polar surface area (TPSA) is 79.5 Å². The van der Waals surface area contributed by atoms with E-state index in [1.807, 2.05) is 0 Å². The number of rotatable bonds is 4. The maximum absolute atomic E-state index is 5.78. The van der Waals surface area contributed by atoms with Crippen LogP contribution in [-0.4, -0.2) is 128 Å². The number of nitrogens with zero attached hydrogens (tertiary/aromatic N) is 2. The zero-order valence-electron chi connectivity index (χ0n) is 24.9. The van der Waals surface area contributed by atoms with Gasteiger partial charge in [0.2, 0.25) is 0 Å². The van der Waals surface area contributed by atoms with Gasteiger partial charge in [-0.25, -0.2) is 0 Å². The molecule has 2 heterocycles. The lowest BCUT2D eigenvalue weighted by molar-refractivity contribution is 0.00206. The Bertz CT molecular complexity index is 659. The zero-order valence-corrected chi connectivity index (χ0v) is 29.0. The van der Waals surface area contributed by atoms with Crippen LogP contribution in [0.1, 0.15) is 24.0 Å². The molecule has 252 valence electrons. The molecule has 0 saturated carbocycles. The van der Waals surface area contributed by atoms with Crippen LogP contribution in [0.3, 0.4) is 0 Å². The van der Waals surface area contributed by atoms with Gasteiger partial charge in [0.05, 0.1) is 52.9 Å². The number of nitrogens with one attached hydrogen (secondary N) is 3. The molecular formula is C28H56Cl5N5O4. The lowest BCUT2D eigenvalue weighted by Crippen LogP contribution is -2.36. The Morgan fingerprint density at radius 3 is 1.29 bits per heavy atom. The second kappa shape index (κ2) is 32.7. The summed E-state index contributed by atoms with van der Waals surface area (Å²) in [7, 11) is 0. The maximum atomic E-state index is 5.78. The molecule has 3 N–H and O–H groups in total. The van der Waals surface area contributed by atoms with Crippen LogP contribution in [0, 0.1) is 0 Å². The number of hydrogen-bond acceptors (Lipinski definition) is 9. The van der Waals surface area contributed by atoms with Crippen LogP contribution < -0.4 is 16.0 Å². The van der Waals surface area contributed by atoms with Gasteiger partial charge >= 0.3 is 0 Å². The normalized spacial score (nSPS) is 20.2. The summed E-state index contributed by atoms with van der Waals surface area (Å²) in [6, 6.07) is 9.16. The monoisotopic (exact) mass is 701 g/mol. The number of benzene rings is 1. The van der Waals surface area contributed by atoms with Crippen molar-refractivity contribution < 1.29 is 18.9 Å². The number of ether oxygens (including phenoxy) is 4. The van der Waals surface area contributed by atoms with E-state index in [0.717, 1.165) is 78.5 Å². The highest BCUT2D eigenvalue weighted by Crippen LogP contribution is 2.11. The van der Waals surface area contributed by atoms with Crippen molar-refractivity contribution in [3.63, 3.8) is 0 Å². The largest absolute Gasteiger partial charge is 0.378 e. The Labute approximate surface area is 285 Å². The van der Waals surface area contributed by atoms with Crippen molar-refractivity contribution in [2.75, 3.05) is 118 Å². The smallest absolute Gasteiger partial charge is 0.0701 e. The quantitative estimate of drug-likeness (QED) is 0.439. The second-order valence-corrected chi connectivity index (χ2v) is 9.78. The summed E-state index contributed by atoms with van der Waals surface area (Å²) in [6.07, 6.45) is 2.36. The minimum atomic E-state index is 0. The van der Waals surface area contributed by atoms with Gasteiger partial charge in [-0.05, 0) is 50.1 Å². The Kier molecular flexibility index (Phi) is 36.4. The van der Waals surface area contributed by atoms with Crippen molar-refractivity contribution >= 4 is 62.0 Å². The van der Waals surface area contributed by atoms with E-state index in [1.165, 1.54) is 24.0 Å². The highest BCUT2D eigenvalue weighted by molar-refractivity contribution is 5.86. The van der Waals surface area contributed by atoms with Gasteiger partial charge in [-0.1, -0.05) is 24.3 Å². The van der Waals surface area contributed by atoms with Gasteiger partial charge in [0.15, 0.2) is 0 Å². The van der Waals surface area contributed by atoms with E-state index in [2.05, 4.69) is 50.0 Å². The van der Waals surface area contributed by atoms with Crippen LogP contribution in [0.25, 0.3) is 0 Å². The lowest BCUT2D eigenvalue weighted by atomic mass is 10.1. The maximum Gasteiger partial charge on any atom is 0.0701 e. The molecule has 0 bridgehead atoms. The van der Waals surface area contributed by atoms with Crippen LogP contribution in [0.15, 0.2) is 24.3 Å². The molecule has 3 rings (SSSR count). The molecule has 1 aromatic rings. The fourth-order valence-electron chi connectivity index (χ4n) is 4.51. The molecule has 0 aliphatic carbocycles.